The molecule has 4 aromatic rings. The summed E-state index contributed by atoms with van der Waals surface area (Å²) >= 11 is 0. The van der Waals surface area contributed by atoms with Crippen molar-refractivity contribution >= 4 is 11.2 Å². The maximum Gasteiger partial charge on any atom is 0.164 e. The van der Waals surface area contributed by atoms with Crippen LogP contribution in [0.1, 0.15) is 54.2 Å². The Kier molecular flexibility index (Phi) is 5.56. The first kappa shape index (κ1) is 22.2. The normalized spacial score (nSPS) is 21.7. The summed E-state index contributed by atoms with van der Waals surface area (Å²) in [7, 11) is 0. The van der Waals surface area contributed by atoms with Crippen LogP contribution < -0.4 is 0 Å². The monoisotopic (exact) mass is 471 g/mol. The predicted octanol–water partition coefficient (Wildman–Crippen LogP) is 4.46. The summed E-state index contributed by atoms with van der Waals surface area (Å²) < 4.78 is 16.1. The van der Waals surface area contributed by atoms with Gasteiger partial charge in [0.15, 0.2) is 5.65 Å². The second kappa shape index (κ2) is 8.75. The minimum absolute atomic E-state index is 0.391. The molecular weight excluding hydrogens is 441 g/mol. The van der Waals surface area contributed by atoms with E-state index in [9.17, 15) is 4.39 Å². The van der Waals surface area contributed by atoms with E-state index in [0.717, 1.165) is 52.8 Å². The molecular formula is C27H30FN7. The fourth-order valence-corrected chi connectivity index (χ4v) is 5.71. The van der Waals surface area contributed by atoms with Crippen LogP contribution in [0.2, 0.25) is 0 Å². The van der Waals surface area contributed by atoms with E-state index in [1.54, 1.807) is 6.20 Å². The van der Waals surface area contributed by atoms with Crippen molar-refractivity contribution in [1.29, 1.82) is 0 Å². The molecule has 8 heteroatoms. The molecule has 0 N–H and O–H groups in total. The summed E-state index contributed by atoms with van der Waals surface area (Å²) in [6, 6.07) is 5.87. The third-order valence-corrected chi connectivity index (χ3v) is 7.68. The second-order valence-electron chi connectivity index (χ2n) is 9.89. The number of rotatable bonds is 5. The van der Waals surface area contributed by atoms with Crippen molar-refractivity contribution < 1.29 is 4.39 Å². The number of imidazole rings is 1. The van der Waals surface area contributed by atoms with Crippen molar-refractivity contribution in [2.24, 2.45) is 5.92 Å². The summed E-state index contributed by atoms with van der Waals surface area (Å²) in [4.78, 5) is 26.0. The first-order valence-electron chi connectivity index (χ1n) is 12.5. The Morgan fingerprint density at radius 3 is 2.51 bits per heavy atom. The lowest BCUT2D eigenvalue weighted by Crippen LogP contribution is -2.46. The van der Waals surface area contributed by atoms with Gasteiger partial charge in [0.2, 0.25) is 0 Å². The van der Waals surface area contributed by atoms with Crippen molar-refractivity contribution in [1.82, 2.24) is 34.4 Å². The van der Waals surface area contributed by atoms with Crippen LogP contribution in [-0.4, -0.2) is 54.0 Å². The van der Waals surface area contributed by atoms with Gasteiger partial charge in [0.05, 0.1) is 18.4 Å². The highest BCUT2D eigenvalue weighted by molar-refractivity contribution is 5.79. The van der Waals surface area contributed by atoms with E-state index >= 15 is 0 Å². The molecule has 7 nitrogen and oxygen atoms in total. The van der Waals surface area contributed by atoms with E-state index < -0.39 is 5.82 Å². The van der Waals surface area contributed by atoms with Crippen LogP contribution in [0, 0.1) is 25.6 Å². The van der Waals surface area contributed by atoms with Crippen LogP contribution in [0.4, 0.5) is 4.39 Å². The Labute approximate surface area is 204 Å². The number of piperidine rings is 3. The molecule has 180 valence electrons. The number of fused-ring (bicyclic) bond motifs is 4. The molecule has 1 atom stereocenters. The van der Waals surface area contributed by atoms with Gasteiger partial charge in [0.1, 0.15) is 23.0 Å². The van der Waals surface area contributed by atoms with Gasteiger partial charge < -0.3 is 9.47 Å². The number of hydrogen-bond acceptors (Lipinski definition) is 6. The van der Waals surface area contributed by atoms with Crippen molar-refractivity contribution in [3.05, 3.63) is 64.9 Å². The smallest absolute Gasteiger partial charge is 0.164 e. The molecule has 7 rings (SSSR count). The third kappa shape index (κ3) is 3.99. The van der Waals surface area contributed by atoms with Gasteiger partial charge in [-0.1, -0.05) is 13.0 Å². The fraction of sp³-hybridized carbons (Fsp3) is 0.444. The molecule has 3 fully saturated rings. The Bertz CT molecular complexity index is 1400. The van der Waals surface area contributed by atoms with Crippen LogP contribution in [-0.2, 0) is 13.0 Å². The topological polar surface area (TPSA) is 72.6 Å². The quantitative estimate of drug-likeness (QED) is 0.428. The minimum Gasteiger partial charge on any atom is -0.304 e. The van der Waals surface area contributed by atoms with Gasteiger partial charge >= 0.3 is 0 Å². The number of aryl methyl sites for hydroxylation is 3. The SMILES string of the molecule is CCc1nc(C)c2nc(-c3cncc(F)c3)n(Cc3ccc(C4CN5CCC4CC5)nc3C)c2n1. The zero-order valence-electron chi connectivity index (χ0n) is 20.5. The lowest BCUT2D eigenvalue weighted by atomic mass is 9.77. The van der Waals surface area contributed by atoms with Crippen molar-refractivity contribution in [3.63, 3.8) is 0 Å². The first-order chi connectivity index (χ1) is 17.0. The lowest BCUT2D eigenvalue weighted by molar-refractivity contribution is 0.0854. The molecule has 0 aromatic carbocycles. The van der Waals surface area contributed by atoms with E-state index in [1.165, 1.54) is 43.9 Å². The standard InChI is InChI=1S/C27H30FN7/c1-4-24-31-17(3)25-27(32-24)35(26(33-25)20-11-21(28)13-29-12-20)14-19-5-6-23(30-16(19)2)22-15-34-9-7-18(22)8-10-34/h5-6,11-13,18,22H,4,7-10,14-15H2,1-3H3. The lowest BCUT2D eigenvalue weighted by Gasteiger charge is -2.44. The molecule has 0 radical (unpaired) electrons. The fourth-order valence-electron chi connectivity index (χ4n) is 5.71. The molecule has 0 amide bonds. The van der Waals surface area contributed by atoms with Gasteiger partial charge in [-0.15, -0.1) is 0 Å². The van der Waals surface area contributed by atoms with Crippen LogP contribution in [0.5, 0.6) is 0 Å². The summed E-state index contributed by atoms with van der Waals surface area (Å²) in [6.45, 7) is 10.2. The zero-order chi connectivity index (χ0) is 24.1. The van der Waals surface area contributed by atoms with E-state index in [4.69, 9.17) is 15.0 Å². The molecule has 0 saturated carbocycles. The van der Waals surface area contributed by atoms with E-state index in [1.807, 2.05) is 13.8 Å². The van der Waals surface area contributed by atoms with Gasteiger partial charge in [0.25, 0.3) is 0 Å². The first-order valence-corrected chi connectivity index (χ1v) is 12.5. The minimum atomic E-state index is -0.391. The predicted molar refractivity (Wildman–Crippen MR) is 133 cm³/mol. The highest BCUT2D eigenvalue weighted by atomic mass is 19.1. The third-order valence-electron chi connectivity index (χ3n) is 7.68. The number of nitrogens with zero attached hydrogens (tertiary/aromatic N) is 7. The van der Waals surface area contributed by atoms with Gasteiger partial charge in [-0.25, -0.2) is 19.3 Å². The van der Waals surface area contributed by atoms with Crippen LogP contribution in [0.25, 0.3) is 22.6 Å². The molecule has 3 aliphatic rings. The van der Waals surface area contributed by atoms with Crippen LogP contribution in [0.15, 0.2) is 30.6 Å². The Balaban J connectivity index is 1.42. The summed E-state index contributed by atoms with van der Waals surface area (Å²) in [5.74, 6) is 2.29. The number of pyridine rings is 2. The Morgan fingerprint density at radius 1 is 1.00 bits per heavy atom. The Morgan fingerprint density at radius 2 is 1.83 bits per heavy atom. The largest absolute Gasteiger partial charge is 0.304 e. The van der Waals surface area contributed by atoms with Gasteiger partial charge in [-0.2, -0.15) is 0 Å². The molecule has 3 saturated heterocycles. The Hall–Kier alpha value is -3.26. The summed E-state index contributed by atoms with van der Waals surface area (Å²) in [6.07, 6.45) is 6.13. The van der Waals surface area contributed by atoms with Gasteiger partial charge in [0, 0.05) is 42.0 Å². The van der Waals surface area contributed by atoms with Crippen molar-refractivity contribution in [3.8, 4) is 11.4 Å². The number of halogens is 1. The number of hydrogen-bond donors (Lipinski definition) is 0. The van der Waals surface area contributed by atoms with Crippen LogP contribution in [0.3, 0.4) is 0 Å². The maximum absolute atomic E-state index is 14.1. The van der Waals surface area contributed by atoms with Crippen LogP contribution >= 0.6 is 0 Å². The van der Waals surface area contributed by atoms with E-state index in [0.29, 0.717) is 23.9 Å². The molecule has 0 aliphatic carbocycles. The average Bonchev–Trinajstić information content (AvgIpc) is 3.24. The molecule has 2 bridgehead atoms. The summed E-state index contributed by atoms with van der Waals surface area (Å²) in [5, 5.41) is 0. The van der Waals surface area contributed by atoms with Gasteiger partial charge in [-0.3, -0.25) is 9.97 Å². The highest BCUT2D eigenvalue weighted by Gasteiger charge is 2.35. The average molecular weight is 472 g/mol. The highest BCUT2D eigenvalue weighted by Crippen LogP contribution is 2.38. The molecule has 1 unspecified atom stereocenters. The molecule has 35 heavy (non-hydrogen) atoms. The van der Waals surface area contributed by atoms with E-state index in [-0.39, 0.29) is 0 Å². The summed E-state index contributed by atoms with van der Waals surface area (Å²) in [5.41, 5.74) is 6.26. The maximum atomic E-state index is 14.1. The molecule has 3 aliphatic heterocycles. The van der Waals surface area contributed by atoms with Crippen molar-refractivity contribution in [2.45, 2.75) is 52.5 Å². The van der Waals surface area contributed by atoms with E-state index in [2.05, 4.69) is 38.5 Å². The molecule has 0 spiro atoms. The number of aromatic nitrogens is 6. The molecule has 7 heterocycles. The second-order valence-corrected chi connectivity index (χ2v) is 9.89. The zero-order valence-corrected chi connectivity index (χ0v) is 20.5. The van der Waals surface area contributed by atoms with Crippen molar-refractivity contribution in [2.75, 3.05) is 19.6 Å². The molecule has 4 aromatic heterocycles. The van der Waals surface area contributed by atoms with Gasteiger partial charge in [-0.05, 0) is 63.4 Å².